The lowest BCUT2D eigenvalue weighted by molar-refractivity contribution is -0.133. The molecule has 0 aliphatic carbocycles. The Morgan fingerprint density at radius 3 is 2.21 bits per heavy atom. The van der Waals surface area contributed by atoms with E-state index in [2.05, 4.69) is 10.2 Å². The molecule has 2 rings (SSSR count). The SMILES string of the molecule is Cl.Cl.NCCCCCCC(=O)N1CCN(CC(=O)NCc2ccccc2)CC1. The van der Waals surface area contributed by atoms with Crippen LogP contribution in [0.15, 0.2) is 30.3 Å². The maximum atomic E-state index is 12.2. The summed E-state index contributed by atoms with van der Waals surface area (Å²) in [6.45, 7) is 4.64. The van der Waals surface area contributed by atoms with Crippen LogP contribution in [0.5, 0.6) is 0 Å². The normalized spacial score (nSPS) is 14.0. The summed E-state index contributed by atoms with van der Waals surface area (Å²) in [6.07, 6.45) is 4.79. The lowest BCUT2D eigenvalue weighted by atomic mass is 10.1. The summed E-state index contributed by atoms with van der Waals surface area (Å²) in [5.41, 5.74) is 6.57. The Hall–Kier alpha value is -1.34. The van der Waals surface area contributed by atoms with Crippen molar-refractivity contribution >= 4 is 36.6 Å². The summed E-state index contributed by atoms with van der Waals surface area (Å²) >= 11 is 0. The molecule has 1 aliphatic rings. The van der Waals surface area contributed by atoms with Crippen LogP contribution < -0.4 is 11.1 Å². The van der Waals surface area contributed by atoms with Gasteiger partial charge in [-0.15, -0.1) is 24.8 Å². The van der Waals surface area contributed by atoms with Crippen molar-refractivity contribution in [3.8, 4) is 0 Å². The second-order valence-electron chi connectivity index (χ2n) is 6.87. The minimum absolute atomic E-state index is 0. The topological polar surface area (TPSA) is 78.7 Å². The summed E-state index contributed by atoms with van der Waals surface area (Å²) in [5.74, 6) is 0.277. The number of nitrogens with zero attached hydrogens (tertiary/aromatic N) is 2. The third-order valence-electron chi connectivity index (χ3n) is 4.77. The number of piperazine rings is 1. The number of hydrogen-bond acceptors (Lipinski definition) is 4. The number of halogens is 2. The Morgan fingerprint density at radius 1 is 0.929 bits per heavy atom. The van der Waals surface area contributed by atoms with Gasteiger partial charge in [0.2, 0.25) is 11.8 Å². The van der Waals surface area contributed by atoms with Crippen LogP contribution in [0.4, 0.5) is 0 Å². The van der Waals surface area contributed by atoms with E-state index in [4.69, 9.17) is 5.73 Å². The molecule has 0 atom stereocenters. The lowest BCUT2D eigenvalue weighted by Gasteiger charge is -2.34. The fourth-order valence-electron chi connectivity index (χ4n) is 3.14. The standard InChI is InChI=1S/C20H32N4O2.2ClH/c21-11-7-2-1-6-10-20(26)24-14-12-23(13-15-24)17-19(25)22-16-18-8-4-3-5-9-18;;/h3-5,8-9H,1-2,6-7,10-17,21H2,(H,22,25);2*1H. The summed E-state index contributed by atoms with van der Waals surface area (Å²) < 4.78 is 0. The van der Waals surface area contributed by atoms with E-state index in [1.165, 1.54) is 0 Å². The van der Waals surface area contributed by atoms with Gasteiger partial charge in [0.25, 0.3) is 0 Å². The highest BCUT2D eigenvalue weighted by atomic mass is 35.5. The van der Waals surface area contributed by atoms with Gasteiger partial charge in [0, 0.05) is 39.1 Å². The van der Waals surface area contributed by atoms with E-state index in [0.29, 0.717) is 32.6 Å². The van der Waals surface area contributed by atoms with Crippen molar-refractivity contribution in [1.82, 2.24) is 15.1 Å². The maximum Gasteiger partial charge on any atom is 0.234 e. The zero-order chi connectivity index (χ0) is 18.6. The van der Waals surface area contributed by atoms with Crippen molar-refractivity contribution in [3.05, 3.63) is 35.9 Å². The number of hydrogen-bond donors (Lipinski definition) is 2. The first-order valence-corrected chi connectivity index (χ1v) is 9.70. The molecule has 3 N–H and O–H groups in total. The molecule has 8 heteroatoms. The van der Waals surface area contributed by atoms with Gasteiger partial charge < -0.3 is 16.0 Å². The van der Waals surface area contributed by atoms with E-state index in [9.17, 15) is 9.59 Å². The summed E-state index contributed by atoms with van der Waals surface area (Å²) in [7, 11) is 0. The molecular formula is C20H34Cl2N4O2. The van der Waals surface area contributed by atoms with Gasteiger partial charge in [0.05, 0.1) is 6.54 Å². The van der Waals surface area contributed by atoms with Gasteiger partial charge in [-0.2, -0.15) is 0 Å². The second-order valence-corrected chi connectivity index (χ2v) is 6.87. The van der Waals surface area contributed by atoms with Crippen LogP contribution in [0.3, 0.4) is 0 Å². The van der Waals surface area contributed by atoms with Gasteiger partial charge in [-0.1, -0.05) is 43.2 Å². The van der Waals surface area contributed by atoms with Crippen molar-refractivity contribution in [2.75, 3.05) is 39.3 Å². The van der Waals surface area contributed by atoms with Crippen LogP contribution in [-0.4, -0.2) is 60.9 Å². The number of amides is 2. The molecule has 1 aliphatic heterocycles. The van der Waals surface area contributed by atoms with Gasteiger partial charge in [0.15, 0.2) is 0 Å². The first-order valence-electron chi connectivity index (χ1n) is 9.70. The van der Waals surface area contributed by atoms with Crippen LogP contribution in [-0.2, 0) is 16.1 Å². The number of nitrogens with one attached hydrogen (secondary N) is 1. The molecule has 1 heterocycles. The molecule has 0 saturated carbocycles. The fraction of sp³-hybridized carbons (Fsp3) is 0.600. The molecule has 0 unspecified atom stereocenters. The van der Waals surface area contributed by atoms with Gasteiger partial charge in [-0.25, -0.2) is 0 Å². The molecule has 0 radical (unpaired) electrons. The molecule has 160 valence electrons. The van der Waals surface area contributed by atoms with Crippen LogP contribution in [0, 0.1) is 0 Å². The van der Waals surface area contributed by atoms with E-state index < -0.39 is 0 Å². The van der Waals surface area contributed by atoms with Gasteiger partial charge in [-0.3, -0.25) is 14.5 Å². The number of rotatable bonds is 10. The Kier molecular flexibility index (Phi) is 14.8. The minimum atomic E-state index is 0. The van der Waals surface area contributed by atoms with E-state index in [1.54, 1.807) is 0 Å². The molecule has 1 saturated heterocycles. The largest absolute Gasteiger partial charge is 0.351 e. The molecule has 0 bridgehead atoms. The van der Waals surface area contributed by atoms with E-state index in [0.717, 1.165) is 50.9 Å². The van der Waals surface area contributed by atoms with Crippen LogP contribution >= 0.6 is 24.8 Å². The molecule has 28 heavy (non-hydrogen) atoms. The Balaban J connectivity index is 0.00000364. The molecule has 0 aromatic heterocycles. The molecule has 1 aromatic rings. The highest BCUT2D eigenvalue weighted by molar-refractivity contribution is 5.85. The van der Waals surface area contributed by atoms with Crippen molar-refractivity contribution in [2.24, 2.45) is 5.73 Å². The maximum absolute atomic E-state index is 12.2. The first kappa shape index (κ1) is 26.7. The van der Waals surface area contributed by atoms with E-state index in [1.807, 2.05) is 35.2 Å². The van der Waals surface area contributed by atoms with E-state index in [-0.39, 0.29) is 36.6 Å². The zero-order valence-corrected chi connectivity index (χ0v) is 18.1. The number of carbonyl (C=O) groups is 2. The first-order chi connectivity index (χ1) is 12.7. The fourth-order valence-corrected chi connectivity index (χ4v) is 3.14. The van der Waals surface area contributed by atoms with Crippen LogP contribution in [0.2, 0.25) is 0 Å². The highest BCUT2D eigenvalue weighted by Crippen LogP contribution is 2.08. The quantitative estimate of drug-likeness (QED) is 0.555. The monoisotopic (exact) mass is 432 g/mol. The zero-order valence-electron chi connectivity index (χ0n) is 16.5. The predicted octanol–water partition coefficient (Wildman–Crippen LogP) is 2.20. The second kappa shape index (κ2) is 15.6. The summed E-state index contributed by atoms with van der Waals surface area (Å²) in [4.78, 5) is 28.4. The van der Waals surface area contributed by atoms with Gasteiger partial charge in [0.1, 0.15) is 0 Å². The summed E-state index contributed by atoms with van der Waals surface area (Å²) in [5, 5.41) is 2.95. The average Bonchev–Trinajstić information content (AvgIpc) is 2.67. The number of carbonyl (C=O) groups excluding carboxylic acids is 2. The summed E-state index contributed by atoms with van der Waals surface area (Å²) in [6, 6.07) is 9.90. The highest BCUT2D eigenvalue weighted by Gasteiger charge is 2.21. The lowest BCUT2D eigenvalue weighted by Crippen LogP contribution is -2.51. The van der Waals surface area contributed by atoms with Gasteiger partial charge in [-0.05, 0) is 24.9 Å². The Morgan fingerprint density at radius 2 is 1.57 bits per heavy atom. The number of unbranched alkanes of at least 4 members (excludes halogenated alkanes) is 3. The Bertz CT molecular complexity index is 552. The smallest absolute Gasteiger partial charge is 0.234 e. The van der Waals surface area contributed by atoms with Crippen molar-refractivity contribution in [3.63, 3.8) is 0 Å². The van der Waals surface area contributed by atoms with Crippen molar-refractivity contribution < 1.29 is 9.59 Å². The van der Waals surface area contributed by atoms with E-state index >= 15 is 0 Å². The molecular weight excluding hydrogens is 399 g/mol. The third kappa shape index (κ3) is 10.3. The Labute approximate surface area is 181 Å². The van der Waals surface area contributed by atoms with Gasteiger partial charge >= 0.3 is 0 Å². The predicted molar refractivity (Wildman–Crippen MR) is 118 cm³/mol. The third-order valence-corrected chi connectivity index (χ3v) is 4.77. The molecule has 1 aromatic carbocycles. The molecule has 0 spiro atoms. The molecule has 1 fully saturated rings. The average molecular weight is 433 g/mol. The van der Waals surface area contributed by atoms with Crippen molar-refractivity contribution in [1.29, 1.82) is 0 Å². The molecule has 6 nitrogen and oxygen atoms in total. The van der Waals surface area contributed by atoms with Crippen LogP contribution in [0.1, 0.15) is 37.7 Å². The van der Waals surface area contributed by atoms with Crippen molar-refractivity contribution in [2.45, 2.75) is 38.6 Å². The number of benzene rings is 1. The van der Waals surface area contributed by atoms with Crippen LogP contribution in [0.25, 0.3) is 0 Å². The number of nitrogens with two attached hydrogens (primary N) is 1. The molecule has 2 amide bonds. The minimum Gasteiger partial charge on any atom is -0.351 e.